The molecular weight excluding hydrogens is 292 g/mol. The fourth-order valence-electron chi connectivity index (χ4n) is 2.55. The lowest BCUT2D eigenvalue weighted by Crippen LogP contribution is -2.08. The third-order valence-electron chi connectivity index (χ3n) is 3.72. The van der Waals surface area contributed by atoms with Crippen LogP contribution in [0.15, 0.2) is 48.8 Å². The van der Waals surface area contributed by atoms with Gasteiger partial charge in [0, 0.05) is 41.7 Å². The molecule has 5 nitrogen and oxygen atoms in total. The Bertz CT molecular complexity index is 867. The highest BCUT2D eigenvalue weighted by Gasteiger charge is 2.17. The molecule has 1 N–H and O–H groups in total. The molecule has 0 spiro atoms. The number of Topliss-reactive ketones (excluding diaryl/α,β-unsaturated/α-hetero) is 2. The molecule has 0 aliphatic rings. The first-order valence-corrected chi connectivity index (χ1v) is 7.32. The van der Waals surface area contributed by atoms with E-state index < -0.39 is 0 Å². The number of carbonyl (C=O) groups is 2. The number of ketones is 2. The van der Waals surface area contributed by atoms with Crippen LogP contribution in [0.1, 0.15) is 33.7 Å². The number of pyridine rings is 1. The fourth-order valence-corrected chi connectivity index (χ4v) is 2.55. The van der Waals surface area contributed by atoms with E-state index in [-0.39, 0.29) is 30.1 Å². The molecule has 0 atom stereocenters. The molecule has 0 bridgehead atoms. The quantitative estimate of drug-likeness (QED) is 0.708. The zero-order valence-electron chi connectivity index (χ0n) is 12.7. The number of methoxy groups -OCH3 is 1. The van der Waals surface area contributed by atoms with Crippen LogP contribution in [-0.4, -0.2) is 28.6 Å². The van der Waals surface area contributed by atoms with Gasteiger partial charge in [-0.05, 0) is 18.2 Å². The van der Waals surface area contributed by atoms with Gasteiger partial charge in [-0.3, -0.25) is 9.59 Å². The maximum Gasteiger partial charge on any atom is 0.185 e. The molecule has 5 heteroatoms. The number of hydrogen-bond acceptors (Lipinski definition) is 4. The number of benzene rings is 1. The number of nitrogens with zero attached hydrogens (tertiary/aromatic N) is 1. The van der Waals surface area contributed by atoms with Gasteiger partial charge in [0.05, 0.1) is 7.11 Å². The number of aromatic nitrogens is 2. The Hall–Kier alpha value is -2.95. The van der Waals surface area contributed by atoms with Crippen LogP contribution in [0.25, 0.3) is 10.9 Å². The number of H-pyrrole nitrogens is 1. The van der Waals surface area contributed by atoms with Gasteiger partial charge >= 0.3 is 0 Å². The molecule has 0 radical (unpaired) electrons. The van der Waals surface area contributed by atoms with E-state index in [4.69, 9.17) is 4.74 Å². The van der Waals surface area contributed by atoms with Crippen LogP contribution in [0.5, 0.6) is 5.75 Å². The topological polar surface area (TPSA) is 72.0 Å². The second-order valence-electron chi connectivity index (χ2n) is 5.15. The van der Waals surface area contributed by atoms with Crippen LogP contribution in [-0.2, 0) is 0 Å². The minimum absolute atomic E-state index is 0.0642. The molecule has 3 aromatic rings. The standard InChI is InChI=1S/C18H16N2O3/c1-23-17-7-4-10-19-18(17)16(22)9-8-15(21)13-11-20-14-6-3-2-5-12(13)14/h2-7,10-11,20H,8-9H2,1H3. The van der Waals surface area contributed by atoms with E-state index >= 15 is 0 Å². The van der Waals surface area contributed by atoms with Crippen molar-refractivity contribution < 1.29 is 14.3 Å². The van der Waals surface area contributed by atoms with Crippen molar-refractivity contribution in [2.24, 2.45) is 0 Å². The Labute approximate surface area is 133 Å². The molecule has 0 unspecified atom stereocenters. The van der Waals surface area contributed by atoms with Crippen LogP contribution in [0.4, 0.5) is 0 Å². The molecule has 0 aliphatic heterocycles. The predicted octanol–water partition coefficient (Wildman–Crippen LogP) is 3.42. The van der Waals surface area contributed by atoms with Crippen LogP contribution in [0, 0.1) is 0 Å². The largest absolute Gasteiger partial charge is 0.494 e. The number of carbonyl (C=O) groups excluding carboxylic acids is 2. The van der Waals surface area contributed by atoms with Crippen molar-refractivity contribution in [1.29, 1.82) is 0 Å². The van der Waals surface area contributed by atoms with E-state index in [1.54, 1.807) is 18.3 Å². The van der Waals surface area contributed by atoms with Crippen molar-refractivity contribution in [3.8, 4) is 5.75 Å². The van der Waals surface area contributed by atoms with Gasteiger partial charge < -0.3 is 9.72 Å². The molecule has 0 amide bonds. The number of hydrogen-bond donors (Lipinski definition) is 1. The number of aromatic amines is 1. The third kappa shape index (κ3) is 2.99. The van der Waals surface area contributed by atoms with Crippen molar-refractivity contribution >= 4 is 22.5 Å². The fraction of sp³-hybridized carbons (Fsp3) is 0.167. The minimum atomic E-state index is -0.198. The highest BCUT2D eigenvalue weighted by Crippen LogP contribution is 2.21. The summed E-state index contributed by atoms with van der Waals surface area (Å²) in [5.41, 5.74) is 1.79. The molecular formula is C18H16N2O3. The molecule has 0 saturated carbocycles. The van der Waals surface area contributed by atoms with Crippen molar-refractivity contribution in [2.75, 3.05) is 7.11 Å². The lowest BCUT2D eigenvalue weighted by molar-refractivity contribution is 0.0914. The van der Waals surface area contributed by atoms with Gasteiger partial charge in [0.2, 0.25) is 0 Å². The second kappa shape index (κ2) is 6.44. The SMILES string of the molecule is COc1cccnc1C(=O)CCC(=O)c1c[nH]c2ccccc12. The summed E-state index contributed by atoms with van der Waals surface area (Å²) in [6.45, 7) is 0. The Kier molecular flexibility index (Phi) is 4.19. The van der Waals surface area contributed by atoms with Crippen LogP contribution < -0.4 is 4.74 Å². The molecule has 2 heterocycles. The number of para-hydroxylation sites is 1. The number of rotatable bonds is 6. The molecule has 23 heavy (non-hydrogen) atoms. The molecule has 2 aromatic heterocycles. The summed E-state index contributed by atoms with van der Waals surface area (Å²) >= 11 is 0. The first-order valence-electron chi connectivity index (χ1n) is 7.32. The third-order valence-corrected chi connectivity index (χ3v) is 3.72. The minimum Gasteiger partial charge on any atom is -0.494 e. The average molecular weight is 308 g/mol. The molecule has 0 aliphatic carbocycles. The highest BCUT2D eigenvalue weighted by molar-refractivity contribution is 6.09. The van der Waals surface area contributed by atoms with Gasteiger partial charge in [-0.25, -0.2) is 4.98 Å². The zero-order chi connectivity index (χ0) is 16.2. The first-order chi connectivity index (χ1) is 11.2. The normalized spacial score (nSPS) is 10.7. The van der Waals surface area contributed by atoms with Crippen LogP contribution in [0.3, 0.4) is 0 Å². The van der Waals surface area contributed by atoms with Crippen LogP contribution in [0.2, 0.25) is 0 Å². The summed E-state index contributed by atoms with van der Waals surface area (Å²) in [6.07, 6.45) is 3.47. The van der Waals surface area contributed by atoms with Crippen molar-refractivity contribution in [2.45, 2.75) is 12.8 Å². The predicted molar refractivity (Wildman–Crippen MR) is 87.0 cm³/mol. The Morgan fingerprint density at radius 2 is 1.87 bits per heavy atom. The number of nitrogens with one attached hydrogen (secondary N) is 1. The van der Waals surface area contributed by atoms with Gasteiger partial charge in [-0.2, -0.15) is 0 Å². The Morgan fingerprint density at radius 3 is 2.70 bits per heavy atom. The lowest BCUT2D eigenvalue weighted by atomic mass is 10.0. The van der Waals surface area contributed by atoms with E-state index in [1.807, 2.05) is 24.3 Å². The smallest absolute Gasteiger partial charge is 0.185 e. The second-order valence-corrected chi connectivity index (χ2v) is 5.15. The van der Waals surface area contributed by atoms with Gasteiger partial charge in [-0.15, -0.1) is 0 Å². The van der Waals surface area contributed by atoms with E-state index in [2.05, 4.69) is 9.97 Å². The monoisotopic (exact) mass is 308 g/mol. The lowest BCUT2D eigenvalue weighted by Gasteiger charge is -2.05. The van der Waals surface area contributed by atoms with Gasteiger partial charge in [-0.1, -0.05) is 18.2 Å². The van der Waals surface area contributed by atoms with Gasteiger partial charge in [0.15, 0.2) is 11.6 Å². The summed E-state index contributed by atoms with van der Waals surface area (Å²) in [4.78, 5) is 31.8. The summed E-state index contributed by atoms with van der Waals surface area (Å²) < 4.78 is 5.13. The highest BCUT2D eigenvalue weighted by atomic mass is 16.5. The van der Waals surface area contributed by atoms with Crippen molar-refractivity contribution in [3.05, 3.63) is 60.0 Å². The molecule has 0 saturated heterocycles. The van der Waals surface area contributed by atoms with E-state index in [1.165, 1.54) is 13.3 Å². The zero-order valence-corrected chi connectivity index (χ0v) is 12.7. The summed E-state index contributed by atoms with van der Waals surface area (Å²) in [6, 6.07) is 11.0. The Balaban J connectivity index is 1.73. The van der Waals surface area contributed by atoms with Crippen molar-refractivity contribution in [1.82, 2.24) is 9.97 Å². The maximum absolute atomic E-state index is 12.4. The van der Waals surface area contributed by atoms with E-state index in [0.29, 0.717) is 11.3 Å². The number of ether oxygens (including phenoxy) is 1. The summed E-state index contributed by atoms with van der Waals surface area (Å²) in [7, 11) is 1.49. The first kappa shape index (κ1) is 15.0. The summed E-state index contributed by atoms with van der Waals surface area (Å²) in [5, 5.41) is 0.875. The molecule has 0 fully saturated rings. The van der Waals surface area contributed by atoms with E-state index in [0.717, 1.165) is 10.9 Å². The van der Waals surface area contributed by atoms with Crippen LogP contribution >= 0.6 is 0 Å². The van der Waals surface area contributed by atoms with Gasteiger partial charge in [0.1, 0.15) is 11.4 Å². The molecule has 116 valence electrons. The van der Waals surface area contributed by atoms with Gasteiger partial charge in [0.25, 0.3) is 0 Å². The maximum atomic E-state index is 12.4. The van der Waals surface area contributed by atoms with Crippen molar-refractivity contribution in [3.63, 3.8) is 0 Å². The van der Waals surface area contributed by atoms with E-state index in [9.17, 15) is 9.59 Å². The summed E-state index contributed by atoms with van der Waals surface area (Å²) in [5.74, 6) is 0.165. The molecule has 1 aromatic carbocycles. The molecule has 3 rings (SSSR count). The Morgan fingerprint density at radius 1 is 1.09 bits per heavy atom. The average Bonchev–Trinajstić information content (AvgIpc) is 3.03. The number of fused-ring (bicyclic) bond motifs is 1.